The SMILES string of the molecule is C=CCN(Cc1ccc(C)s1)C(=O)c1ccsc1. The van der Waals surface area contributed by atoms with Gasteiger partial charge >= 0.3 is 0 Å². The Morgan fingerprint density at radius 1 is 1.44 bits per heavy atom. The second-order valence-corrected chi connectivity index (χ2v) is 6.15. The fourth-order valence-corrected chi connectivity index (χ4v) is 3.24. The van der Waals surface area contributed by atoms with Gasteiger partial charge in [-0.15, -0.1) is 17.9 Å². The quantitative estimate of drug-likeness (QED) is 0.758. The fraction of sp³-hybridized carbons (Fsp3) is 0.214. The highest BCUT2D eigenvalue weighted by Crippen LogP contribution is 2.19. The molecule has 0 radical (unpaired) electrons. The standard InChI is InChI=1S/C14H15NOS2/c1-3-7-15(9-13-5-4-11(2)18-13)14(16)12-6-8-17-10-12/h3-6,8,10H,1,7,9H2,2H3. The van der Waals surface area contributed by atoms with Gasteiger partial charge in [0.25, 0.3) is 5.91 Å². The molecule has 0 fully saturated rings. The predicted octanol–water partition coefficient (Wildman–Crippen LogP) is 3.95. The first-order chi connectivity index (χ1) is 8.70. The number of carbonyl (C=O) groups is 1. The van der Waals surface area contributed by atoms with Crippen molar-refractivity contribution in [3.05, 3.63) is 56.9 Å². The van der Waals surface area contributed by atoms with Crippen LogP contribution in [-0.2, 0) is 6.54 Å². The van der Waals surface area contributed by atoms with Crippen molar-refractivity contribution in [2.24, 2.45) is 0 Å². The highest BCUT2D eigenvalue weighted by atomic mass is 32.1. The third-order valence-electron chi connectivity index (χ3n) is 2.55. The Morgan fingerprint density at radius 3 is 2.83 bits per heavy atom. The lowest BCUT2D eigenvalue weighted by atomic mass is 10.2. The molecule has 0 saturated heterocycles. The fourth-order valence-electron chi connectivity index (χ4n) is 1.70. The number of nitrogens with zero attached hydrogens (tertiary/aromatic N) is 1. The Balaban J connectivity index is 2.13. The minimum Gasteiger partial charge on any atom is -0.330 e. The summed E-state index contributed by atoms with van der Waals surface area (Å²) in [7, 11) is 0. The number of hydrogen-bond donors (Lipinski definition) is 0. The van der Waals surface area contributed by atoms with E-state index in [1.54, 1.807) is 28.7 Å². The lowest BCUT2D eigenvalue weighted by Crippen LogP contribution is -2.30. The van der Waals surface area contributed by atoms with Gasteiger partial charge in [0.2, 0.25) is 0 Å². The smallest absolute Gasteiger partial charge is 0.255 e. The zero-order chi connectivity index (χ0) is 13.0. The molecule has 2 heterocycles. The summed E-state index contributed by atoms with van der Waals surface area (Å²) in [6.45, 7) is 7.03. The third-order valence-corrected chi connectivity index (χ3v) is 4.22. The molecule has 0 bridgehead atoms. The van der Waals surface area contributed by atoms with Gasteiger partial charge in [0.15, 0.2) is 0 Å². The minimum atomic E-state index is 0.0715. The molecule has 0 atom stereocenters. The highest BCUT2D eigenvalue weighted by molar-refractivity contribution is 7.11. The van der Waals surface area contributed by atoms with Crippen molar-refractivity contribution >= 4 is 28.6 Å². The molecule has 0 spiro atoms. The van der Waals surface area contributed by atoms with Crippen LogP contribution in [0.5, 0.6) is 0 Å². The number of hydrogen-bond acceptors (Lipinski definition) is 3. The average molecular weight is 277 g/mol. The minimum absolute atomic E-state index is 0.0715. The molecule has 0 N–H and O–H groups in total. The maximum atomic E-state index is 12.3. The van der Waals surface area contributed by atoms with Crippen molar-refractivity contribution in [2.75, 3.05) is 6.54 Å². The van der Waals surface area contributed by atoms with E-state index in [9.17, 15) is 4.79 Å². The van der Waals surface area contributed by atoms with Crippen LogP contribution in [-0.4, -0.2) is 17.4 Å². The van der Waals surface area contributed by atoms with E-state index in [2.05, 4.69) is 25.6 Å². The summed E-state index contributed by atoms with van der Waals surface area (Å²) in [6.07, 6.45) is 1.77. The number of aryl methyl sites for hydroxylation is 1. The van der Waals surface area contributed by atoms with E-state index in [1.165, 1.54) is 9.75 Å². The van der Waals surface area contributed by atoms with Gasteiger partial charge in [-0.2, -0.15) is 11.3 Å². The van der Waals surface area contributed by atoms with Crippen LogP contribution in [0.15, 0.2) is 41.6 Å². The summed E-state index contributed by atoms with van der Waals surface area (Å²) in [6, 6.07) is 6.03. The Labute approximate surface area is 115 Å². The zero-order valence-corrected chi connectivity index (χ0v) is 11.9. The topological polar surface area (TPSA) is 20.3 Å². The van der Waals surface area contributed by atoms with E-state index in [0.717, 1.165) is 5.56 Å². The molecule has 0 saturated carbocycles. The van der Waals surface area contributed by atoms with Gasteiger partial charge in [-0.05, 0) is 30.5 Å². The van der Waals surface area contributed by atoms with Crippen molar-refractivity contribution in [3.63, 3.8) is 0 Å². The van der Waals surface area contributed by atoms with Crippen molar-refractivity contribution in [1.29, 1.82) is 0 Å². The number of amides is 1. The normalized spacial score (nSPS) is 10.3. The van der Waals surface area contributed by atoms with E-state index in [0.29, 0.717) is 13.1 Å². The van der Waals surface area contributed by atoms with Crippen LogP contribution in [0.4, 0.5) is 0 Å². The van der Waals surface area contributed by atoms with E-state index in [4.69, 9.17) is 0 Å². The van der Waals surface area contributed by atoms with Crippen molar-refractivity contribution < 1.29 is 4.79 Å². The van der Waals surface area contributed by atoms with Crippen LogP contribution in [0, 0.1) is 6.92 Å². The molecule has 0 aliphatic carbocycles. The van der Waals surface area contributed by atoms with Crippen molar-refractivity contribution in [1.82, 2.24) is 4.90 Å². The summed E-state index contributed by atoms with van der Waals surface area (Å²) in [5, 5.41) is 3.81. The molecular weight excluding hydrogens is 262 g/mol. The molecule has 0 aromatic carbocycles. The number of carbonyl (C=O) groups excluding carboxylic acids is 1. The predicted molar refractivity (Wildman–Crippen MR) is 78.3 cm³/mol. The lowest BCUT2D eigenvalue weighted by molar-refractivity contribution is 0.0765. The van der Waals surface area contributed by atoms with Crippen LogP contribution in [0.1, 0.15) is 20.1 Å². The van der Waals surface area contributed by atoms with E-state index < -0.39 is 0 Å². The Morgan fingerprint density at radius 2 is 2.28 bits per heavy atom. The summed E-state index contributed by atoms with van der Waals surface area (Å²) in [5.74, 6) is 0.0715. The van der Waals surface area contributed by atoms with Gasteiger partial charge < -0.3 is 4.90 Å². The average Bonchev–Trinajstić information content (AvgIpc) is 2.99. The maximum absolute atomic E-state index is 12.3. The summed E-state index contributed by atoms with van der Waals surface area (Å²) in [5.41, 5.74) is 0.759. The van der Waals surface area contributed by atoms with Gasteiger partial charge in [-0.25, -0.2) is 0 Å². The van der Waals surface area contributed by atoms with Crippen molar-refractivity contribution in [2.45, 2.75) is 13.5 Å². The molecule has 2 aromatic heterocycles. The first-order valence-electron chi connectivity index (χ1n) is 5.68. The van der Waals surface area contributed by atoms with Crippen LogP contribution in [0.3, 0.4) is 0 Å². The lowest BCUT2D eigenvalue weighted by Gasteiger charge is -2.19. The molecule has 0 aliphatic rings. The van der Waals surface area contributed by atoms with Crippen LogP contribution < -0.4 is 0 Å². The van der Waals surface area contributed by atoms with Gasteiger partial charge in [0.05, 0.1) is 12.1 Å². The van der Waals surface area contributed by atoms with Crippen LogP contribution >= 0.6 is 22.7 Å². The number of thiophene rings is 2. The Kier molecular flexibility index (Phi) is 4.33. The summed E-state index contributed by atoms with van der Waals surface area (Å²) < 4.78 is 0. The molecule has 1 amide bonds. The van der Waals surface area contributed by atoms with Gasteiger partial charge in [-0.3, -0.25) is 4.79 Å². The molecule has 4 heteroatoms. The highest BCUT2D eigenvalue weighted by Gasteiger charge is 2.15. The second kappa shape index (κ2) is 5.98. The monoisotopic (exact) mass is 277 g/mol. The molecule has 0 aliphatic heterocycles. The van der Waals surface area contributed by atoms with E-state index in [1.807, 2.05) is 21.7 Å². The van der Waals surface area contributed by atoms with Gasteiger partial charge in [0.1, 0.15) is 0 Å². The molecule has 0 unspecified atom stereocenters. The van der Waals surface area contributed by atoms with Crippen LogP contribution in [0.2, 0.25) is 0 Å². The molecular formula is C14H15NOS2. The molecule has 2 aromatic rings. The molecule has 2 nitrogen and oxygen atoms in total. The van der Waals surface area contributed by atoms with Crippen LogP contribution in [0.25, 0.3) is 0 Å². The molecule has 2 rings (SSSR count). The summed E-state index contributed by atoms with van der Waals surface area (Å²) >= 11 is 3.27. The van der Waals surface area contributed by atoms with E-state index in [-0.39, 0.29) is 5.91 Å². The second-order valence-electron chi connectivity index (χ2n) is 4.00. The van der Waals surface area contributed by atoms with Gasteiger partial charge in [-0.1, -0.05) is 6.08 Å². The first kappa shape index (κ1) is 13.1. The molecule has 18 heavy (non-hydrogen) atoms. The largest absolute Gasteiger partial charge is 0.330 e. The van der Waals surface area contributed by atoms with E-state index >= 15 is 0 Å². The maximum Gasteiger partial charge on any atom is 0.255 e. The van der Waals surface area contributed by atoms with Crippen molar-refractivity contribution in [3.8, 4) is 0 Å². The van der Waals surface area contributed by atoms with Gasteiger partial charge in [0, 0.05) is 21.7 Å². The Hall–Kier alpha value is -1.39. The Bertz CT molecular complexity index is 528. The third kappa shape index (κ3) is 3.09. The first-order valence-corrected chi connectivity index (χ1v) is 7.44. The summed E-state index contributed by atoms with van der Waals surface area (Å²) in [4.78, 5) is 16.6. The zero-order valence-electron chi connectivity index (χ0n) is 10.3. The number of rotatable bonds is 5. The molecule has 94 valence electrons.